The van der Waals surface area contributed by atoms with Gasteiger partial charge in [0.25, 0.3) is 0 Å². The highest BCUT2D eigenvalue weighted by Gasteiger charge is 2.37. The number of β-amino-alcohol motifs (C(OH)–C–C–N with tert-alkyl or cyclic N) is 1. The Balaban J connectivity index is 1.44. The molecule has 0 unspecified atom stereocenters. The van der Waals surface area contributed by atoms with Crippen molar-refractivity contribution in [1.82, 2.24) is 19.9 Å². The van der Waals surface area contributed by atoms with Crippen molar-refractivity contribution in [2.75, 3.05) is 61.9 Å². The van der Waals surface area contributed by atoms with Gasteiger partial charge in [-0.3, -0.25) is 4.90 Å². The van der Waals surface area contributed by atoms with Crippen LogP contribution in [0.25, 0.3) is 10.6 Å². The predicted octanol–water partition coefficient (Wildman–Crippen LogP) is 3.34. The Morgan fingerprint density at radius 2 is 1.95 bits per heavy atom. The molecule has 3 aromatic rings. The summed E-state index contributed by atoms with van der Waals surface area (Å²) in [5.74, 6) is 0.496. The van der Waals surface area contributed by atoms with E-state index in [-0.39, 0.29) is 41.3 Å². The van der Waals surface area contributed by atoms with Gasteiger partial charge >= 0.3 is 6.18 Å². The van der Waals surface area contributed by atoms with Crippen LogP contribution in [0.3, 0.4) is 0 Å². The molecule has 0 radical (unpaired) electrons. The normalized spacial score (nSPS) is 17.9. The lowest BCUT2D eigenvalue weighted by Crippen LogP contribution is -2.47. The molecule has 2 N–H and O–H groups in total. The zero-order valence-electron chi connectivity index (χ0n) is 21.7. The number of nitrogens with one attached hydrogen (secondary N) is 1. The second kappa shape index (κ2) is 11.6. The number of pyridine rings is 1. The van der Waals surface area contributed by atoms with Gasteiger partial charge in [0.05, 0.1) is 52.4 Å². The standard InChI is InChI=1S/C25H29F3N6O4S2/c1-2-17-18(3-4-22(30-17)34-7-5-33(6-8-34)9-10-35)31-24-29-14-16(25(26,27)28)23(32-24)19-13-21-20(39-19)15-38-11-12-40(21,36)37/h3-4,13-14,35H,2,5-12,15H2,1H3,(H,29,31,32). The number of hydrogen-bond acceptors (Lipinski definition) is 11. The van der Waals surface area contributed by atoms with Gasteiger partial charge in [0.1, 0.15) is 11.4 Å². The van der Waals surface area contributed by atoms with E-state index in [2.05, 4.69) is 25.1 Å². The Morgan fingerprint density at radius 1 is 1.18 bits per heavy atom. The SMILES string of the molecule is CCc1nc(N2CCN(CCO)CC2)ccc1Nc1ncc(C(F)(F)F)c(-c2cc3c(s2)COCCS3(=O)=O)n1. The number of aliphatic hydroxyl groups is 1. The maximum absolute atomic E-state index is 13.9. The van der Waals surface area contributed by atoms with Gasteiger partial charge in [0.2, 0.25) is 5.95 Å². The summed E-state index contributed by atoms with van der Waals surface area (Å²) in [6.07, 6.45) is -3.48. The summed E-state index contributed by atoms with van der Waals surface area (Å²) in [7, 11) is -3.68. The first kappa shape index (κ1) is 28.7. The van der Waals surface area contributed by atoms with Gasteiger partial charge in [0, 0.05) is 43.8 Å². The average molecular weight is 599 g/mol. The number of sulfone groups is 1. The molecule has 5 heterocycles. The number of piperazine rings is 1. The minimum atomic E-state index is -4.75. The van der Waals surface area contributed by atoms with E-state index in [0.29, 0.717) is 35.4 Å². The number of halogens is 3. The maximum atomic E-state index is 13.9. The van der Waals surface area contributed by atoms with E-state index in [0.717, 1.165) is 43.3 Å². The van der Waals surface area contributed by atoms with Crippen molar-refractivity contribution >= 4 is 38.6 Å². The summed E-state index contributed by atoms with van der Waals surface area (Å²) in [5.41, 5.74) is -0.195. The molecule has 0 aromatic carbocycles. The number of aryl methyl sites for hydroxylation is 1. The van der Waals surface area contributed by atoms with Gasteiger partial charge in [-0.2, -0.15) is 13.2 Å². The van der Waals surface area contributed by atoms with Crippen LogP contribution in [0.2, 0.25) is 0 Å². The summed E-state index contributed by atoms with van der Waals surface area (Å²) in [5, 5.41) is 12.2. The second-order valence-corrected chi connectivity index (χ2v) is 12.6. The number of nitrogens with zero attached hydrogens (tertiary/aromatic N) is 5. The highest BCUT2D eigenvalue weighted by molar-refractivity contribution is 7.91. The first-order valence-electron chi connectivity index (χ1n) is 12.8. The number of fused-ring (bicyclic) bond motifs is 1. The van der Waals surface area contributed by atoms with Crippen molar-refractivity contribution in [3.63, 3.8) is 0 Å². The number of ether oxygens (including phenoxy) is 1. The van der Waals surface area contributed by atoms with Gasteiger partial charge in [-0.15, -0.1) is 11.3 Å². The highest BCUT2D eigenvalue weighted by atomic mass is 32.2. The predicted molar refractivity (Wildman–Crippen MR) is 145 cm³/mol. The second-order valence-electron chi connectivity index (χ2n) is 9.42. The smallest absolute Gasteiger partial charge is 0.395 e. The van der Waals surface area contributed by atoms with Crippen LogP contribution in [0.5, 0.6) is 0 Å². The van der Waals surface area contributed by atoms with E-state index in [4.69, 9.17) is 14.8 Å². The van der Waals surface area contributed by atoms with E-state index < -0.39 is 27.3 Å². The summed E-state index contributed by atoms with van der Waals surface area (Å²) in [6.45, 7) is 5.87. The van der Waals surface area contributed by atoms with Crippen LogP contribution in [-0.2, 0) is 33.8 Å². The molecule has 1 saturated heterocycles. The number of aromatic nitrogens is 3. The van der Waals surface area contributed by atoms with E-state index in [1.807, 2.05) is 13.0 Å². The van der Waals surface area contributed by atoms with E-state index >= 15 is 0 Å². The van der Waals surface area contributed by atoms with Crippen LogP contribution in [0.15, 0.2) is 29.3 Å². The van der Waals surface area contributed by atoms with Crippen LogP contribution in [0, 0.1) is 0 Å². The topological polar surface area (TPSA) is 121 Å². The zero-order chi connectivity index (χ0) is 28.5. The van der Waals surface area contributed by atoms with Crippen LogP contribution < -0.4 is 10.2 Å². The number of alkyl halides is 3. The molecule has 2 aliphatic rings. The summed E-state index contributed by atoms with van der Waals surface area (Å²) in [6, 6.07) is 4.90. The Kier molecular flexibility index (Phi) is 8.29. The van der Waals surface area contributed by atoms with Gasteiger partial charge in [-0.05, 0) is 24.6 Å². The molecular formula is C25H29F3N6O4S2. The minimum absolute atomic E-state index is 0.00509. The Bertz CT molecular complexity index is 1470. The number of thiophene rings is 1. The summed E-state index contributed by atoms with van der Waals surface area (Å²) < 4.78 is 72.4. The van der Waals surface area contributed by atoms with Crippen molar-refractivity contribution in [3.05, 3.63) is 40.5 Å². The molecule has 10 nitrogen and oxygen atoms in total. The number of aliphatic hydroxyl groups excluding tert-OH is 1. The first-order valence-corrected chi connectivity index (χ1v) is 15.3. The average Bonchev–Trinajstić information content (AvgIpc) is 3.31. The molecule has 40 heavy (non-hydrogen) atoms. The van der Waals surface area contributed by atoms with Crippen molar-refractivity contribution < 1.29 is 31.4 Å². The van der Waals surface area contributed by atoms with Crippen LogP contribution in [0.1, 0.15) is 23.1 Å². The van der Waals surface area contributed by atoms with Crippen molar-refractivity contribution in [3.8, 4) is 10.6 Å². The van der Waals surface area contributed by atoms with Crippen LogP contribution in [0.4, 0.5) is 30.6 Å². The Hall–Kier alpha value is -2.85. The van der Waals surface area contributed by atoms with Gasteiger partial charge < -0.3 is 20.1 Å². The molecular weight excluding hydrogens is 569 g/mol. The fraction of sp³-hybridized carbons (Fsp3) is 0.480. The highest BCUT2D eigenvalue weighted by Crippen LogP contribution is 2.42. The molecule has 5 rings (SSSR count). The van der Waals surface area contributed by atoms with Crippen molar-refractivity contribution in [2.24, 2.45) is 0 Å². The van der Waals surface area contributed by atoms with E-state index in [9.17, 15) is 21.6 Å². The molecule has 216 valence electrons. The lowest BCUT2D eigenvalue weighted by atomic mass is 10.2. The Morgan fingerprint density at radius 3 is 2.65 bits per heavy atom. The largest absolute Gasteiger partial charge is 0.420 e. The number of rotatable bonds is 7. The van der Waals surface area contributed by atoms with E-state index in [1.165, 1.54) is 6.07 Å². The first-order chi connectivity index (χ1) is 19.1. The van der Waals surface area contributed by atoms with Crippen molar-refractivity contribution in [2.45, 2.75) is 31.0 Å². The van der Waals surface area contributed by atoms with Gasteiger partial charge in [-0.1, -0.05) is 6.92 Å². The third-order valence-electron chi connectivity index (χ3n) is 6.82. The summed E-state index contributed by atoms with van der Waals surface area (Å²) >= 11 is 0.920. The molecule has 0 amide bonds. The Labute approximate surface area is 233 Å². The third kappa shape index (κ3) is 6.07. The monoisotopic (exact) mass is 598 g/mol. The molecule has 0 aliphatic carbocycles. The minimum Gasteiger partial charge on any atom is -0.395 e. The maximum Gasteiger partial charge on any atom is 0.420 e. The lowest BCUT2D eigenvalue weighted by Gasteiger charge is -2.35. The van der Waals surface area contributed by atoms with Gasteiger partial charge in [-0.25, -0.2) is 23.4 Å². The molecule has 2 aliphatic heterocycles. The molecule has 1 fully saturated rings. The van der Waals surface area contributed by atoms with Gasteiger partial charge in [0.15, 0.2) is 9.84 Å². The summed E-state index contributed by atoms with van der Waals surface area (Å²) in [4.78, 5) is 17.6. The zero-order valence-corrected chi connectivity index (χ0v) is 23.4. The number of hydrogen-bond donors (Lipinski definition) is 2. The number of anilines is 3. The molecule has 0 spiro atoms. The fourth-order valence-electron chi connectivity index (χ4n) is 4.69. The molecule has 15 heteroatoms. The molecule has 3 aromatic heterocycles. The van der Waals surface area contributed by atoms with E-state index in [1.54, 1.807) is 6.07 Å². The van der Waals surface area contributed by atoms with Crippen molar-refractivity contribution in [1.29, 1.82) is 0 Å². The van der Waals surface area contributed by atoms with Crippen LogP contribution in [-0.4, -0.2) is 85.1 Å². The van der Waals surface area contributed by atoms with Crippen LogP contribution >= 0.6 is 11.3 Å². The molecule has 0 bridgehead atoms. The molecule has 0 atom stereocenters. The lowest BCUT2D eigenvalue weighted by molar-refractivity contribution is -0.137. The third-order valence-corrected chi connectivity index (χ3v) is 9.80. The quantitative estimate of drug-likeness (QED) is 0.419. The fourth-order valence-corrected chi connectivity index (χ4v) is 7.52. The molecule has 0 saturated carbocycles.